The maximum atomic E-state index is 13.2. The highest BCUT2D eigenvalue weighted by atomic mass is 35.5. The van der Waals surface area contributed by atoms with Crippen LogP contribution in [0.3, 0.4) is 0 Å². The van der Waals surface area contributed by atoms with Crippen LogP contribution in [0.15, 0.2) is 24.5 Å². The molecule has 46 heavy (non-hydrogen) atoms. The first kappa shape index (κ1) is 36.1. The van der Waals surface area contributed by atoms with Gasteiger partial charge in [-0.1, -0.05) is 24.4 Å². The summed E-state index contributed by atoms with van der Waals surface area (Å²) in [5, 5.41) is 10.5. The number of amides is 1. The van der Waals surface area contributed by atoms with E-state index in [0.29, 0.717) is 43.7 Å². The van der Waals surface area contributed by atoms with Gasteiger partial charge in [0.25, 0.3) is 0 Å². The van der Waals surface area contributed by atoms with Gasteiger partial charge in [-0.25, -0.2) is 9.78 Å². The van der Waals surface area contributed by atoms with Gasteiger partial charge in [-0.2, -0.15) is 23.1 Å². The van der Waals surface area contributed by atoms with Gasteiger partial charge in [-0.3, -0.25) is 5.32 Å². The lowest BCUT2D eigenvalue weighted by Crippen LogP contribution is -2.41. The van der Waals surface area contributed by atoms with Gasteiger partial charge in [0, 0.05) is 42.9 Å². The summed E-state index contributed by atoms with van der Waals surface area (Å²) in [6.07, 6.45) is 6.13. The number of alkyl halides is 3. The van der Waals surface area contributed by atoms with Gasteiger partial charge in [0.2, 0.25) is 5.95 Å². The number of nitrogens with one attached hydrogen (secondary N) is 3. The average Bonchev–Trinajstić information content (AvgIpc) is 3.66. The molecule has 17 heteroatoms. The minimum Gasteiger partial charge on any atom is -0.365 e. The van der Waals surface area contributed by atoms with Crippen LogP contribution in [0.4, 0.5) is 35.4 Å². The van der Waals surface area contributed by atoms with Crippen LogP contribution in [0.2, 0.25) is 5.02 Å². The maximum absolute atomic E-state index is 13.2. The molecule has 1 amide bonds. The van der Waals surface area contributed by atoms with Crippen molar-refractivity contribution in [3.8, 4) is 0 Å². The number of piperidine rings is 1. The van der Waals surface area contributed by atoms with Crippen LogP contribution in [0.1, 0.15) is 75.8 Å². The van der Waals surface area contributed by atoms with Crippen molar-refractivity contribution >= 4 is 71.1 Å². The molecule has 6 rings (SSSR count). The lowest BCUT2D eigenvalue weighted by atomic mass is 9.92. The predicted molar refractivity (Wildman–Crippen MR) is 176 cm³/mol. The number of hydroxylamine groups is 2. The highest BCUT2D eigenvalue weighted by Crippen LogP contribution is 2.37. The second-order valence-electron chi connectivity index (χ2n) is 12.0. The second kappa shape index (κ2) is 15.4. The highest BCUT2D eigenvalue weighted by Gasteiger charge is 2.34. The monoisotopic (exact) mass is 707 g/mol. The van der Waals surface area contributed by atoms with Crippen LogP contribution in [0, 0.1) is 0 Å². The minimum absolute atomic E-state index is 0. The fourth-order valence-corrected chi connectivity index (χ4v) is 6.57. The van der Waals surface area contributed by atoms with E-state index in [-0.39, 0.29) is 48.6 Å². The number of halogens is 6. The fourth-order valence-electron chi connectivity index (χ4n) is 6.34. The van der Waals surface area contributed by atoms with E-state index in [0.717, 1.165) is 61.8 Å². The summed E-state index contributed by atoms with van der Waals surface area (Å²) in [6.45, 7) is 0.857. The third kappa shape index (κ3) is 8.57. The maximum Gasteiger partial charge on any atom is 0.430 e. The first-order chi connectivity index (χ1) is 21.1. The summed E-state index contributed by atoms with van der Waals surface area (Å²) in [7, 11) is 0. The van der Waals surface area contributed by atoms with Crippen molar-refractivity contribution in [3.63, 3.8) is 0 Å². The lowest BCUT2D eigenvalue weighted by molar-refractivity contribution is -0.137. The van der Waals surface area contributed by atoms with E-state index in [1.54, 1.807) is 0 Å². The zero-order valence-corrected chi connectivity index (χ0v) is 27.5. The number of hydrogen-bond acceptors (Lipinski definition) is 9. The number of rotatable bonds is 7. The Morgan fingerprint density at radius 3 is 2.30 bits per heavy atom. The van der Waals surface area contributed by atoms with Crippen LogP contribution in [0.5, 0.6) is 0 Å². The van der Waals surface area contributed by atoms with Crippen molar-refractivity contribution in [3.05, 3.63) is 35.1 Å². The van der Waals surface area contributed by atoms with Crippen LogP contribution in [-0.2, 0) is 11.0 Å². The van der Waals surface area contributed by atoms with Gasteiger partial charge in [0.15, 0.2) is 17.0 Å². The Morgan fingerprint density at radius 2 is 1.63 bits per heavy atom. The van der Waals surface area contributed by atoms with E-state index in [2.05, 4.69) is 20.5 Å². The number of hydrogen-bond donors (Lipinski definition) is 4. The Balaban J connectivity index is 0.00000240. The van der Waals surface area contributed by atoms with Gasteiger partial charge in [-0.15, -0.1) is 29.9 Å². The molecule has 2 aromatic heterocycles. The second-order valence-corrected chi connectivity index (χ2v) is 12.4. The molecule has 0 atom stereocenters. The van der Waals surface area contributed by atoms with Crippen LogP contribution < -0.4 is 21.7 Å². The third-order valence-electron chi connectivity index (χ3n) is 8.77. The Hall–Kier alpha value is -2.78. The summed E-state index contributed by atoms with van der Waals surface area (Å²) in [6, 6.07) is 4.09. The molecule has 3 heterocycles. The molecule has 0 bridgehead atoms. The van der Waals surface area contributed by atoms with E-state index in [1.165, 1.54) is 24.0 Å². The molecule has 2 aliphatic carbocycles. The summed E-state index contributed by atoms with van der Waals surface area (Å²) in [5.41, 5.74) is 6.56. The van der Waals surface area contributed by atoms with Gasteiger partial charge < -0.3 is 25.8 Å². The van der Waals surface area contributed by atoms with Crippen molar-refractivity contribution in [2.45, 2.75) is 94.6 Å². The molecule has 0 unspecified atom stereocenters. The zero-order chi connectivity index (χ0) is 30.8. The number of carbonyl (C=O) groups excluding carboxylic acids is 1. The number of benzene rings is 1. The normalized spacial score (nSPS) is 21.3. The highest BCUT2D eigenvalue weighted by molar-refractivity contribution is 6.31. The molecule has 0 spiro atoms. The number of aromatic nitrogens is 4. The summed E-state index contributed by atoms with van der Waals surface area (Å²) >= 11 is 5.67. The molecule has 11 nitrogen and oxygen atoms in total. The number of anilines is 3. The Morgan fingerprint density at radius 1 is 0.957 bits per heavy atom. The molecular formula is C29H39Cl3F3N9O2. The molecule has 0 radical (unpaired) electrons. The van der Waals surface area contributed by atoms with Gasteiger partial charge in [-0.05, 0) is 69.6 Å². The standard InChI is InChI=1S/C29H37ClF3N9O2.2ClH/c30-23-10-9-20(15-22(23)29(31,32)33)38-28(43)44-41-13-11-19(12-14-41)36-25-24-26(42(16-35-24)21-3-1-2-4-21)40-27(39-25)37-18-7-5-17(34)6-8-18;;/h9-10,15-19,21H,1-8,11-14,34H2,(H,38,43)(H2,36,37,39,40);2*1H. The van der Waals surface area contributed by atoms with E-state index in [4.69, 9.17) is 37.1 Å². The van der Waals surface area contributed by atoms with Crippen molar-refractivity contribution in [1.29, 1.82) is 0 Å². The number of nitrogens with zero attached hydrogens (tertiary/aromatic N) is 5. The zero-order valence-electron chi connectivity index (χ0n) is 25.1. The van der Waals surface area contributed by atoms with Crippen molar-refractivity contribution in [1.82, 2.24) is 24.6 Å². The molecule has 1 aromatic carbocycles. The summed E-state index contributed by atoms with van der Waals surface area (Å²) < 4.78 is 41.7. The number of carbonyl (C=O) groups is 1. The van der Waals surface area contributed by atoms with Gasteiger partial charge >= 0.3 is 12.3 Å². The minimum atomic E-state index is -4.64. The Bertz CT molecular complexity index is 1470. The smallest absolute Gasteiger partial charge is 0.365 e. The fraction of sp³-hybridized carbons (Fsp3) is 0.586. The molecule has 3 fully saturated rings. The largest absolute Gasteiger partial charge is 0.430 e. The van der Waals surface area contributed by atoms with Crippen LogP contribution in [0.25, 0.3) is 11.2 Å². The number of fused-ring (bicyclic) bond motifs is 1. The molecule has 254 valence electrons. The van der Waals surface area contributed by atoms with Crippen molar-refractivity contribution in [2.24, 2.45) is 5.73 Å². The molecule has 5 N–H and O–H groups in total. The van der Waals surface area contributed by atoms with Crippen molar-refractivity contribution < 1.29 is 22.8 Å². The van der Waals surface area contributed by atoms with Crippen LogP contribution in [-0.4, -0.2) is 61.9 Å². The number of imidazole rings is 1. The van der Waals surface area contributed by atoms with E-state index >= 15 is 0 Å². The lowest BCUT2D eigenvalue weighted by Gasteiger charge is -2.31. The third-order valence-corrected chi connectivity index (χ3v) is 9.10. The molecule has 3 aliphatic rings. The molecular weight excluding hydrogens is 670 g/mol. The van der Waals surface area contributed by atoms with Gasteiger partial charge in [0.05, 0.1) is 16.9 Å². The first-order valence-electron chi connectivity index (χ1n) is 15.3. The topological polar surface area (TPSA) is 135 Å². The van der Waals surface area contributed by atoms with E-state index in [9.17, 15) is 18.0 Å². The van der Waals surface area contributed by atoms with Crippen LogP contribution >= 0.6 is 36.4 Å². The quantitative estimate of drug-likeness (QED) is 0.201. The predicted octanol–water partition coefficient (Wildman–Crippen LogP) is 7.18. The molecule has 1 aliphatic heterocycles. The molecule has 1 saturated heterocycles. The van der Waals surface area contributed by atoms with E-state index in [1.807, 2.05) is 6.33 Å². The first-order valence-corrected chi connectivity index (χ1v) is 15.6. The van der Waals surface area contributed by atoms with Crippen molar-refractivity contribution in [2.75, 3.05) is 29.0 Å². The van der Waals surface area contributed by atoms with E-state index < -0.39 is 22.9 Å². The summed E-state index contributed by atoms with van der Waals surface area (Å²) in [5.74, 6) is 1.25. The molecule has 2 saturated carbocycles. The average molecular weight is 709 g/mol. The molecule has 3 aromatic rings. The number of nitrogens with two attached hydrogens (primary N) is 1. The Labute approximate surface area is 282 Å². The summed E-state index contributed by atoms with van der Waals surface area (Å²) in [4.78, 5) is 32.3. The van der Waals surface area contributed by atoms with Gasteiger partial charge in [0.1, 0.15) is 0 Å². The Kier molecular flexibility index (Phi) is 12.1. The SMILES string of the molecule is Cl.Cl.NC1CCC(Nc2nc(NC3CCN(OC(=O)Nc4ccc(Cl)c(C(F)(F)F)c4)CC3)c3ncn(C4CCCC4)c3n2)CC1.